The van der Waals surface area contributed by atoms with E-state index in [1.165, 1.54) is 12.1 Å². The van der Waals surface area contributed by atoms with Crippen molar-refractivity contribution >= 4 is 17.5 Å². The second-order valence-electron chi connectivity index (χ2n) is 5.04. The molecule has 0 radical (unpaired) electrons. The highest BCUT2D eigenvalue weighted by atomic mass is 35.5. The molecule has 1 amide bonds. The van der Waals surface area contributed by atoms with E-state index in [2.05, 4.69) is 5.32 Å². The Bertz CT molecular complexity index is 670. The van der Waals surface area contributed by atoms with Crippen molar-refractivity contribution in [2.24, 2.45) is 0 Å². The summed E-state index contributed by atoms with van der Waals surface area (Å²) in [5.41, 5.74) is 0.0218. The molecule has 7 heteroatoms. The van der Waals surface area contributed by atoms with E-state index in [0.29, 0.717) is 29.3 Å². The van der Waals surface area contributed by atoms with Gasteiger partial charge in [-0.3, -0.25) is 4.79 Å². The fourth-order valence-electron chi connectivity index (χ4n) is 1.94. The molecule has 0 spiro atoms. The summed E-state index contributed by atoms with van der Waals surface area (Å²) in [6.45, 7) is 0.169. The van der Waals surface area contributed by atoms with Crippen LogP contribution in [0.25, 0.3) is 0 Å². The van der Waals surface area contributed by atoms with E-state index < -0.39 is 11.7 Å². The van der Waals surface area contributed by atoms with E-state index in [4.69, 9.17) is 16.3 Å². The molecule has 0 atom stereocenters. The molecule has 128 valence electrons. The van der Waals surface area contributed by atoms with Gasteiger partial charge in [-0.2, -0.15) is 13.2 Å². The van der Waals surface area contributed by atoms with E-state index in [0.717, 1.165) is 12.1 Å². The SMILES string of the molecule is O=C(COc1ccc(Cl)cc1)NCCc1ccc(C(F)(F)F)cc1. The van der Waals surface area contributed by atoms with Crippen LogP contribution in [0, 0.1) is 0 Å². The van der Waals surface area contributed by atoms with Gasteiger partial charge in [-0.05, 0) is 48.4 Å². The molecule has 3 nitrogen and oxygen atoms in total. The van der Waals surface area contributed by atoms with Crippen molar-refractivity contribution in [1.82, 2.24) is 5.32 Å². The standard InChI is InChI=1S/C17H15ClF3NO2/c18-14-5-7-15(8-6-14)24-11-16(23)22-10-9-12-1-3-13(4-2-12)17(19,20)21/h1-8H,9-11H2,(H,22,23). The lowest BCUT2D eigenvalue weighted by Crippen LogP contribution is -2.30. The Morgan fingerprint density at radius 1 is 1.04 bits per heavy atom. The third-order valence-electron chi connectivity index (χ3n) is 3.20. The summed E-state index contributed by atoms with van der Waals surface area (Å²) < 4.78 is 42.6. The monoisotopic (exact) mass is 357 g/mol. The van der Waals surface area contributed by atoms with Gasteiger partial charge in [-0.15, -0.1) is 0 Å². The first kappa shape index (κ1) is 18.1. The normalized spacial score (nSPS) is 11.2. The molecular weight excluding hydrogens is 343 g/mol. The van der Waals surface area contributed by atoms with Gasteiger partial charge in [0.1, 0.15) is 5.75 Å². The minimum absolute atomic E-state index is 0.144. The Morgan fingerprint density at radius 2 is 1.67 bits per heavy atom. The van der Waals surface area contributed by atoms with Gasteiger partial charge >= 0.3 is 6.18 Å². The first-order valence-corrected chi connectivity index (χ1v) is 7.53. The Balaban J connectivity index is 1.71. The van der Waals surface area contributed by atoms with Crippen LogP contribution < -0.4 is 10.1 Å². The Kier molecular flexibility index (Phi) is 6.09. The Morgan fingerprint density at radius 3 is 2.25 bits per heavy atom. The minimum Gasteiger partial charge on any atom is -0.484 e. The molecule has 0 saturated heterocycles. The molecule has 1 N–H and O–H groups in total. The smallest absolute Gasteiger partial charge is 0.416 e. The molecule has 0 aliphatic carbocycles. The van der Waals surface area contributed by atoms with E-state index >= 15 is 0 Å². The van der Waals surface area contributed by atoms with E-state index in [9.17, 15) is 18.0 Å². The fraction of sp³-hybridized carbons (Fsp3) is 0.235. The van der Waals surface area contributed by atoms with Crippen molar-refractivity contribution < 1.29 is 22.7 Å². The third-order valence-corrected chi connectivity index (χ3v) is 3.45. The van der Waals surface area contributed by atoms with Crippen LogP contribution in [0.15, 0.2) is 48.5 Å². The van der Waals surface area contributed by atoms with Crippen molar-refractivity contribution in [2.75, 3.05) is 13.2 Å². The summed E-state index contributed by atoms with van der Waals surface area (Å²) in [4.78, 5) is 11.6. The van der Waals surface area contributed by atoms with E-state index in [-0.39, 0.29) is 12.5 Å². The maximum Gasteiger partial charge on any atom is 0.416 e. The number of halogens is 4. The first-order chi connectivity index (χ1) is 11.3. The number of carbonyl (C=O) groups excluding carboxylic acids is 1. The third kappa shape index (κ3) is 5.77. The molecule has 0 heterocycles. The molecule has 0 aliphatic heterocycles. The molecule has 2 rings (SSSR count). The van der Waals surface area contributed by atoms with Crippen molar-refractivity contribution in [3.8, 4) is 5.75 Å². The topological polar surface area (TPSA) is 38.3 Å². The molecular formula is C17H15ClF3NO2. The minimum atomic E-state index is -4.34. The van der Waals surface area contributed by atoms with Gasteiger partial charge < -0.3 is 10.1 Å². The maximum absolute atomic E-state index is 12.4. The number of nitrogens with one attached hydrogen (secondary N) is 1. The molecule has 2 aromatic rings. The molecule has 0 aromatic heterocycles. The van der Waals surface area contributed by atoms with Crippen molar-refractivity contribution in [3.05, 3.63) is 64.7 Å². The summed E-state index contributed by atoms with van der Waals surface area (Å²) >= 11 is 5.74. The lowest BCUT2D eigenvalue weighted by molar-refractivity contribution is -0.137. The highest BCUT2D eigenvalue weighted by Gasteiger charge is 2.29. The first-order valence-electron chi connectivity index (χ1n) is 7.16. The highest BCUT2D eigenvalue weighted by Crippen LogP contribution is 2.29. The van der Waals surface area contributed by atoms with Crippen LogP contribution in [0.4, 0.5) is 13.2 Å². The van der Waals surface area contributed by atoms with Gasteiger partial charge in [0, 0.05) is 11.6 Å². The van der Waals surface area contributed by atoms with Crippen molar-refractivity contribution in [3.63, 3.8) is 0 Å². The number of benzene rings is 2. The molecule has 0 aliphatic rings. The highest BCUT2D eigenvalue weighted by molar-refractivity contribution is 6.30. The van der Waals surface area contributed by atoms with Crippen LogP contribution in [-0.4, -0.2) is 19.1 Å². The van der Waals surface area contributed by atoms with Crippen molar-refractivity contribution in [2.45, 2.75) is 12.6 Å². The molecule has 0 unspecified atom stereocenters. The average Bonchev–Trinajstić information content (AvgIpc) is 2.54. The van der Waals surface area contributed by atoms with Crippen molar-refractivity contribution in [1.29, 1.82) is 0 Å². The van der Waals surface area contributed by atoms with Crippen LogP contribution in [0.5, 0.6) is 5.75 Å². The van der Waals surface area contributed by atoms with Gasteiger partial charge in [0.25, 0.3) is 5.91 Å². The van der Waals surface area contributed by atoms with Gasteiger partial charge in [0.05, 0.1) is 5.56 Å². The lowest BCUT2D eigenvalue weighted by Gasteiger charge is -2.09. The number of ether oxygens (including phenoxy) is 1. The van der Waals surface area contributed by atoms with Crippen LogP contribution in [0.2, 0.25) is 5.02 Å². The van der Waals surface area contributed by atoms with Crippen LogP contribution >= 0.6 is 11.6 Å². The summed E-state index contributed by atoms with van der Waals surface area (Å²) in [6.07, 6.45) is -3.91. The van der Waals surface area contributed by atoms with Crippen LogP contribution in [-0.2, 0) is 17.4 Å². The summed E-state index contributed by atoms with van der Waals surface area (Å²) in [6, 6.07) is 11.5. The van der Waals surface area contributed by atoms with Gasteiger partial charge in [0.15, 0.2) is 6.61 Å². The zero-order chi connectivity index (χ0) is 17.6. The summed E-state index contributed by atoms with van der Waals surface area (Å²) in [5, 5.41) is 3.22. The maximum atomic E-state index is 12.4. The molecule has 24 heavy (non-hydrogen) atoms. The molecule has 0 bridgehead atoms. The Labute approximate surface area is 142 Å². The Hall–Kier alpha value is -2.21. The van der Waals surface area contributed by atoms with Crippen LogP contribution in [0.3, 0.4) is 0 Å². The number of amides is 1. The molecule has 0 fully saturated rings. The quantitative estimate of drug-likeness (QED) is 0.845. The predicted molar refractivity (Wildman–Crippen MR) is 85.1 cm³/mol. The van der Waals surface area contributed by atoms with E-state index in [1.807, 2.05) is 0 Å². The summed E-state index contributed by atoms with van der Waals surface area (Å²) in [5.74, 6) is 0.217. The molecule has 0 saturated carbocycles. The van der Waals surface area contributed by atoms with Gasteiger partial charge in [-0.25, -0.2) is 0 Å². The predicted octanol–water partition coefficient (Wildman–Crippen LogP) is 4.10. The second-order valence-corrected chi connectivity index (χ2v) is 5.47. The number of alkyl halides is 3. The van der Waals surface area contributed by atoms with E-state index in [1.54, 1.807) is 24.3 Å². The zero-order valence-corrected chi connectivity index (χ0v) is 13.3. The number of rotatable bonds is 6. The summed E-state index contributed by atoms with van der Waals surface area (Å²) in [7, 11) is 0. The number of hydrogen-bond donors (Lipinski definition) is 1. The average molecular weight is 358 g/mol. The lowest BCUT2D eigenvalue weighted by atomic mass is 10.1. The van der Waals surface area contributed by atoms with Gasteiger partial charge in [-0.1, -0.05) is 23.7 Å². The zero-order valence-electron chi connectivity index (χ0n) is 12.6. The molecule has 2 aromatic carbocycles. The van der Waals surface area contributed by atoms with Crippen LogP contribution in [0.1, 0.15) is 11.1 Å². The largest absolute Gasteiger partial charge is 0.484 e. The fourth-order valence-corrected chi connectivity index (χ4v) is 2.06. The number of carbonyl (C=O) groups is 1. The second kappa shape index (κ2) is 8.06. The van der Waals surface area contributed by atoms with Gasteiger partial charge in [0.2, 0.25) is 0 Å². The number of hydrogen-bond acceptors (Lipinski definition) is 2.